The number of aliphatic hydroxyl groups excluding tert-OH is 8. The van der Waals surface area contributed by atoms with Crippen LogP contribution in [-0.4, -0.2) is 122 Å². The molecule has 9 N–H and O–H groups in total. The second kappa shape index (κ2) is 23.5. The van der Waals surface area contributed by atoms with E-state index in [1.165, 1.54) is 77.0 Å². The highest BCUT2D eigenvalue weighted by atomic mass is 16.7. The first kappa shape index (κ1) is 39.1. The summed E-state index contributed by atoms with van der Waals surface area (Å²) in [5.74, 6) is -0.908. The van der Waals surface area contributed by atoms with Gasteiger partial charge in [0.15, 0.2) is 12.4 Å². The van der Waals surface area contributed by atoms with E-state index in [1.807, 2.05) is 0 Å². The molecular formula is C30H59NO11. The van der Waals surface area contributed by atoms with Gasteiger partial charge in [-0.25, -0.2) is 0 Å². The van der Waals surface area contributed by atoms with Gasteiger partial charge < -0.3 is 55.6 Å². The summed E-state index contributed by atoms with van der Waals surface area (Å²) < 4.78 is 10.6. The van der Waals surface area contributed by atoms with E-state index in [2.05, 4.69) is 12.2 Å². The van der Waals surface area contributed by atoms with Crippen LogP contribution in [0.15, 0.2) is 0 Å². The maximum atomic E-state index is 12.6. The van der Waals surface area contributed by atoms with E-state index in [0.29, 0.717) is 6.42 Å². The number of ether oxygens (including phenoxy) is 2. The molecule has 9 atom stereocenters. The summed E-state index contributed by atoms with van der Waals surface area (Å²) in [5.41, 5.74) is 0. The molecule has 42 heavy (non-hydrogen) atoms. The van der Waals surface area contributed by atoms with Crippen LogP contribution < -0.4 is 5.32 Å². The molecule has 0 aromatic carbocycles. The molecular weight excluding hydrogens is 550 g/mol. The van der Waals surface area contributed by atoms with Gasteiger partial charge in [-0.2, -0.15) is 0 Å². The van der Waals surface area contributed by atoms with Gasteiger partial charge in [0.2, 0.25) is 0 Å². The molecule has 0 unspecified atom stereocenters. The van der Waals surface area contributed by atoms with Crippen LogP contribution in [0.1, 0.15) is 110 Å². The number of carbonyl (C=O) groups excluding carboxylic acids is 1. The first-order valence-corrected chi connectivity index (χ1v) is 16.1. The normalized spacial score (nSPS) is 25.6. The monoisotopic (exact) mass is 609 g/mol. The molecule has 1 aliphatic rings. The number of hydrogen-bond acceptors (Lipinski definition) is 11. The van der Waals surface area contributed by atoms with Gasteiger partial charge in [0.05, 0.1) is 13.2 Å². The Kier molecular flexibility index (Phi) is 21.8. The van der Waals surface area contributed by atoms with Crippen LogP contribution in [-0.2, 0) is 14.3 Å². The minimum atomic E-state index is -2.03. The van der Waals surface area contributed by atoms with Gasteiger partial charge in [-0.15, -0.1) is 0 Å². The topological polar surface area (TPSA) is 209 Å². The predicted octanol–water partition coefficient (Wildman–Crippen LogP) is 0.624. The summed E-state index contributed by atoms with van der Waals surface area (Å²) in [4.78, 5) is 12.6. The molecule has 1 heterocycles. The van der Waals surface area contributed by atoms with Crippen molar-refractivity contribution in [2.24, 2.45) is 0 Å². The minimum absolute atomic E-state index is 0.264. The molecule has 1 aliphatic heterocycles. The van der Waals surface area contributed by atoms with Crippen molar-refractivity contribution in [3.05, 3.63) is 0 Å². The third-order valence-electron chi connectivity index (χ3n) is 7.97. The number of carbonyl (C=O) groups is 1. The molecule has 250 valence electrons. The van der Waals surface area contributed by atoms with Crippen molar-refractivity contribution in [3.63, 3.8) is 0 Å². The zero-order valence-corrected chi connectivity index (χ0v) is 25.4. The Morgan fingerprint density at radius 3 is 1.67 bits per heavy atom. The first-order chi connectivity index (χ1) is 20.2. The number of amides is 1. The molecule has 12 nitrogen and oxygen atoms in total. The van der Waals surface area contributed by atoms with E-state index in [9.17, 15) is 45.6 Å². The van der Waals surface area contributed by atoms with E-state index < -0.39 is 74.2 Å². The third-order valence-corrected chi connectivity index (χ3v) is 7.97. The lowest BCUT2D eigenvalue weighted by molar-refractivity contribution is -0.325. The Morgan fingerprint density at radius 1 is 0.738 bits per heavy atom. The molecule has 1 saturated heterocycles. The van der Waals surface area contributed by atoms with E-state index in [1.54, 1.807) is 0 Å². The van der Waals surface area contributed by atoms with Crippen molar-refractivity contribution in [3.8, 4) is 0 Å². The second-order valence-corrected chi connectivity index (χ2v) is 11.6. The van der Waals surface area contributed by atoms with E-state index in [-0.39, 0.29) is 6.54 Å². The van der Waals surface area contributed by atoms with Crippen LogP contribution >= 0.6 is 0 Å². The molecule has 0 aromatic heterocycles. The van der Waals surface area contributed by atoms with Gasteiger partial charge in [0.25, 0.3) is 5.91 Å². The fourth-order valence-corrected chi connectivity index (χ4v) is 5.14. The molecule has 12 heteroatoms. The van der Waals surface area contributed by atoms with Gasteiger partial charge in [-0.05, 0) is 6.42 Å². The van der Waals surface area contributed by atoms with E-state index in [4.69, 9.17) is 9.47 Å². The average molecular weight is 610 g/mol. The predicted molar refractivity (Wildman–Crippen MR) is 156 cm³/mol. The lowest BCUT2D eigenvalue weighted by Gasteiger charge is -2.42. The standard InChI is InChI=1S/C30H59NO11/c1-2-3-4-5-6-7-8-9-10-11-12-13-14-15-16-17-18-31-29(40)27(39)28(23(35)21(34)19-32)42-30-26(38)25(37)24(36)22(20-33)41-30/h21-28,30,32-39H,2-20H2,1H3,(H,31,40)/t21-,22+,23+,24-,25-,26+,27-,28-,30-/m0/s1. The van der Waals surface area contributed by atoms with Gasteiger partial charge in [-0.1, -0.05) is 103 Å². The van der Waals surface area contributed by atoms with E-state index in [0.717, 1.165) is 19.3 Å². The third kappa shape index (κ3) is 14.7. The van der Waals surface area contributed by atoms with Crippen LogP contribution in [0.2, 0.25) is 0 Å². The highest BCUT2D eigenvalue weighted by Crippen LogP contribution is 2.25. The Morgan fingerprint density at radius 2 is 1.21 bits per heavy atom. The summed E-state index contributed by atoms with van der Waals surface area (Å²) in [6.45, 7) is 0.855. The zero-order valence-electron chi connectivity index (χ0n) is 25.4. The number of hydrogen-bond donors (Lipinski definition) is 9. The Labute approximate surface area is 251 Å². The van der Waals surface area contributed by atoms with Crippen molar-refractivity contribution in [2.75, 3.05) is 19.8 Å². The Balaban J connectivity index is 2.31. The van der Waals surface area contributed by atoms with Crippen molar-refractivity contribution in [2.45, 2.75) is 165 Å². The van der Waals surface area contributed by atoms with Gasteiger partial charge >= 0.3 is 0 Å². The SMILES string of the molecule is CCCCCCCCCCCCCCCCCCNC(=O)[C@@H](O)[C@@H](O[C@@H]1O[C@H](CO)[C@H](O)[C@H](O)[C@H]1O)[C@H](O)[C@@H](O)CO. The van der Waals surface area contributed by atoms with Crippen molar-refractivity contribution >= 4 is 5.91 Å². The molecule has 0 bridgehead atoms. The maximum Gasteiger partial charge on any atom is 0.251 e. The number of nitrogens with one attached hydrogen (secondary N) is 1. The quantitative estimate of drug-likeness (QED) is 0.0655. The summed E-state index contributed by atoms with van der Waals surface area (Å²) in [7, 11) is 0. The van der Waals surface area contributed by atoms with Gasteiger partial charge in [0, 0.05) is 6.54 Å². The summed E-state index contributed by atoms with van der Waals surface area (Å²) in [5, 5.41) is 82.1. The summed E-state index contributed by atoms with van der Waals surface area (Å²) in [6, 6.07) is 0. The van der Waals surface area contributed by atoms with Crippen LogP contribution in [0.25, 0.3) is 0 Å². The highest BCUT2D eigenvalue weighted by Gasteiger charge is 2.47. The van der Waals surface area contributed by atoms with E-state index >= 15 is 0 Å². The average Bonchev–Trinajstić information content (AvgIpc) is 2.99. The number of aliphatic hydroxyl groups is 8. The minimum Gasteiger partial charge on any atom is -0.394 e. The fraction of sp³-hybridized carbons (Fsp3) is 0.967. The zero-order chi connectivity index (χ0) is 31.3. The highest BCUT2D eigenvalue weighted by molar-refractivity contribution is 5.81. The van der Waals surface area contributed by atoms with Crippen LogP contribution in [0.4, 0.5) is 0 Å². The smallest absolute Gasteiger partial charge is 0.251 e. The largest absolute Gasteiger partial charge is 0.394 e. The summed E-state index contributed by atoms with van der Waals surface area (Å²) >= 11 is 0. The molecule has 0 spiro atoms. The van der Waals surface area contributed by atoms with Gasteiger partial charge in [-0.3, -0.25) is 4.79 Å². The molecule has 0 aromatic rings. The molecule has 1 rings (SSSR count). The lowest BCUT2D eigenvalue weighted by atomic mass is 9.98. The summed E-state index contributed by atoms with van der Waals surface area (Å²) in [6.07, 6.45) is 3.40. The van der Waals surface area contributed by atoms with Gasteiger partial charge in [0.1, 0.15) is 42.7 Å². The molecule has 0 saturated carbocycles. The number of unbranched alkanes of at least 4 members (excludes halogenated alkanes) is 15. The number of rotatable bonds is 25. The molecule has 1 fully saturated rings. The second-order valence-electron chi connectivity index (χ2n) is 11.6. The van der Waals surface area contributed by atoms with Crippen molar-refractivity contribution in [1.29, 1.82) is 0 Å². The van der Waals surface area contributed by atoms with Crippen molar-refractivity contribution < 1.29 is 55.1 Å². The molecule has 0 radical (unpaired) electrons. The Bertz CT molecular complexity index is 671. The molecule has 0 aliphatic carbocycles. The van der Waals surface area contributed by atoms with Crippen molar-refractivity contribution in [1.82, 2.24) is 5.32 Å². The molecule has 1 amide bonds. The fourth-order valence-electron chi connectivity index (χ4n) is 5.14. The Hall–Kier alpha value is -0.930. The maximum absolute atomic E-state index is 12.6. The first-order valence-electron chi connectivity index (χ1n) is 16.1. The van der Waals surface area contributed by atoms with Crippen LogP contribution in [0, 0.1) is 0 Å². The lowest BCUT2D eigenvalue weighted by Crippen LogP contribution is -2.62. The van der Waals surface area contributed by atoms with Crippen LogP contribution in [0.3, 0.4) is 0 Å². The van der Waals surface area contributed by atoms with Crippen LogP contribution in [0.5, 0.6) is 0 Å².